The second-order valence-corrected chi connectivity index (χ2v) is 8.65. The van der Waals surface area contributed by atoms with E-state index in [1.807, 2.05) is 0 Å². The first kappa shape index (κ1) is 19.1. The van der Waals surface area contributed by atoms with Crippen LogP contribution >= 0.6 is 0 Å². The van der Waals surface area contributed by atoms with Crippen molar-refractivity contribution >= 4 is 9.59 Å². The van der Waals surface area contributed by atoms with Gasteiger partial charge in [0.25, 0.3) is 0 Å². The molecule has 0 saturated carbocycles. The van der Waals surface area contributed by atoms with Crippen LogP contribution in [0.5, 0.6) is 0 Å². The van der Waals surface area contributed by atoms with Crippen molar-refractivity contribution in [3.8, 4) is 0 Å². The molecular formula is C26H25NW. The van der Waals surface area contributed by atoms with Crippen molar-refractivity contribution in [1.82, 2.24) is 4.90 Å². The van der Waals surface area contributed by atoms with Gasteiger partial charge in [0.15, 0.2) is 0 Å². The molecule has 2 heteroatoms. The van der Waals surface area contributed by atoms with E-state index in [9.17, 15) is 0 Å². The maximum atomic E-state index is 2.62. The molecule has 1 unspecified atom stereocenters. The summed E-state index contributed by atoms with van der Waals surface area (Å²) in [6.07, 6.45) is 2.42. The molecule has 0 bridgehead atoms. The van der Waals surface area contributed by atoms with E-state index in [1.165, 1.54) is 64.1 Å². The standard InChI is InChI=1S/C26H25N.W/c1-2-3-19-27-25(22-15-9-5-10-16-22)24(20-21-13-7-4-8-14-21)26(27)23-17-11-6-12-18-23;/h4-18,25H,2-3,19H2,1H3;. The summed E-state index contributed by atoms with van der Waals surface area (Å²) < 4.78 is 1.46. The van der Waals surface area contributed by atoms with Crippen LogP contribution in [0.25, 0.3) is 5.70 Å². The summed E-state index contributed by atoms with van der Waals surface area (Å²) in [7, 11) is 0. The normalized spacial score (nSPS) is 16.0. The van der Waals surface area contributed by atoms with Gasteiger partial charge in [-0.3, -0.25) is 0 Å². The summed E-state index contributed by atoms with van der Waals surface area (Å²) in [5.74, 6) is 0. The molecule has 1 heterocycles. The number of hydrogen-bond acceptors (Lipinski definition) is 1. The Balaban J connectivity index is 1.86. The van der Waals surface area contributed by atoms with Crippen LogP contribution < -0.4 is 0 Å². The van der Waals surface area contributed by atoms with Crippen LogP contribution in [0.15, 0.2) is 96.6 Å². The van der Waals surface area contributed by atoms with E-state index in [-0.39, 0.29) is 0 Å². The summed E-state index contributed by atoms with van der Waals surface area (Å²) in [6, 6.07) is 33.1. The molecule has 0 amide bonds. The molecule has 0 aromatic heterocycles. The molecule has 3 aromatic rings. The minimum absolute atomic E-state index is 0.343. The molecule has 0 N–H and O–H groups in total. The van der Waals surface area contributed by atoms with Gasteiger partial charge in [-0.2, -0.15) is 0 Å². The predicted octanol–water partition coefficient (Wildman–Crippen LogP) is 6.02. The third-order valence-electron chi connectivity index (χ3n) is 5.32. The Morgan fingerprint density at radius 1 is 0.821 bits per heavy atom. The van der Waals surface area contributed by atoms with Gasteiger partial charge >= 0.3 is 179 Å². The number of unbranched alkanes of at least 4 members (excludes halogenated alkanes) is 1. The average molecular weight is 535 g/mol. The predicted molar refractivity (Wildman–Crippen MR) is 115 cm³/mol. The SMILES string of the molecule is CCCCN1C(c2ccccc2)=C([C](=[W])c2ccccc2)C1c1ccccc1. The van der Waals surface area contributed by atoms with Crippen molar-refractivity contribution < 1.29 is 19.4 Å². The monoisotopic (exact) mass is 535 g/mol. The second kappa shape index (κ2) is 8.84. The van der Waals surface area contributed by atoms with E-state index in [4.69, 9.17) is 0 Å². The Morgan fingerprint density at radius 3 is 2.00 bits per heavy atom. The fourth-order valence-electron chi connectivity index (χ4n) is 3.95. The zero-order valence-electron chi connectivity index (χ0n) is 16.2. The fraction of sp³-hybridized carbons (Fsp3) is 0.192. The Kier molecular flexibility index (Phi) is 6.03. The first-order valence-electron chi connectivity index (χ1n) is 10.0. The Labute approximate surface area is 179 Å². The summed E-state index contributed by atoms with van der Waals surface area (Å²) in [5, 5.41) is 0. The number of nitrogens with zero attached hydrogens (tertiary/aromatic N) is 1. The van der Waals surface area contributed by atoms with E-state index in [2.05, 4.69) is 103 Å². The van der Waals surface area contributed by atoms with Crippen molar-refractivity contribution in [2.24, 2.45) is 0 Å². The fourth-order valence-corrected chi connectivity index (χ4v) is 5.19. The third-order valence-corrected chi connectivity index (χ3v) is 6.96. The molecule has 28 heavy (non-hydrogen) atoms. The van der Waals surface area contributed by atoms with Crippen molar-refractivity contribution in [3.05, 3.63) is 113 Å². The third kappa shape index (κ3) is 3.69. The quantitative estimate of drug-likeness (QED) is 0.358. The van der Waals surface area contributed by atoms with Gasteiger partial charge in [0, 0.05) is 0 Å². The van der Waals surface area contributed by atoms with Gasteiger partial charge < -0.3 is 0 Å². The summed E-state index contributed by atoms with van der Waals surface area (Å²) >= 11 is 1.53. The van der Waals surface area contributed by atoms with E-state index in [0.29, 0.717) is 6.04 Å². The summed E-state index contributed by atoms with van der Waals surface area (Å²) in [4.78, 5) is 2.62. The Hall–Kier alpha value is -2.24. The molecule has 1 nitrogen and oxygen atoms in total. The molecule has 1 aliphatic heterocycles. The molecule has 1 aliphatic rings. The van der Waals surface area contributed by atoms with Crippen LogP contribution in [0, 0.1) is 0 Å². The van der Waals surface area contributed by atoms with Crippen molar-refractivity contribution in [3.63, 3.8) is 0 Å². The second-order valence-electron chi connectivity index (χ2n) is 7.18. The summed E-state index contributed by atoms with van der Waals surface area (Å²) in [6.45, 7) is 3.37. The van der Waals surface area contributed by atoms with Crippen molar-refractivity contribution in [2.45, 2.75) is 25.8 Å². The first-order chi connectivity index (χ1) is 13.8. The van der Waals surface area contributed by atoms with Crippen LogP contribution in [0.1, 0.15) is 42.5 Å². The molecule has 4 rings (SSSR count). The maximum absolute atomic E-state index is 2.62. The number of benzene rings is 3. The van der Waals surface area contributed by atoms with Gasteiger partial charge in [0.2, 0.25) is 0 Å². The van der Waals surface area contributed by atoms with Crippen molar-refractivity contribution in [1.29, 1.82) is 0 Å². The Morgan fingerprint density at radius 2 is 1.39 bits per heavy atom. The van der Waals surface area contributed by atoms with Gasteiger partial charge in [-0.15, -0.1) is 0 Å². The van der Waals surface area contributed by atoms with Gasteiger partial charge in [0.1, 0.15) is 0 Å². The van der Waals surface area contributed by atoms with Crippen LogP contribution in [-0.2, 0) is 19.4 Å². The van der Waals surface area contributed by atoms with Gasteiger partial charge in [0.05, 0.1) is 0 Å². The molecule has 0 fully saturated rings. The van der Waals surface area contributed by atoms with Crippen molar-refractivity contribution in [2.75, 3.05) is 6.54 Å². The van der Waals surface area contributed by atoms with Crippen LogP contribution in [0.2, 0.25) is 0 Å². The molecule has 0 spiro atoms. The van der Waals surface area contributed by atoms with E-state index >= 15 is 0 Å². The molecule has 0 radical (unpaired) electrons. The Bertz CT molecular complexity index is 961. The van der Waals surface area contributed by atoms with E-state index in [1.54, 1.807) is 0 Å². The molecular weight excluding hydrogens is 510 g/mol. The zero-order chi connectivity index (χ0) is 19.3. The number of rotatable bonds is 7. The molecule has 1 atom stereocenters. The van der Waals surface area contributed by atoms with E-state index in [0.717, 1.165) is 6.54 Å². The summed E-state index contributed by atoms with van der Waals surface area (Å²) in [5.41, 5.74) is 6.97. The topological polar surface area (TPSA) is 3.24 Å². The van der Waals surface area contributed by atoms with E-state index < -0.39 is 0 Å². The van der Waals surface area contributed by atoms with Gasteiger partial charge in [-0.25, -0.2) is 0 Å². The van der Waals surface area contributed by atoms with Gasteiger partial charge in [-0.05, 0) is 0 Å². The molecule has 3 aromatic carbocycles. The minimum atomic E-state index is 0.343. The van der Waals surface area contributed by atoms with Crippen LogP contribution in [0.3, 0.4) is 0 Å². The zero-order valence-corrected chi connectivity index (χ0v) is 19.1. The van der Waals surface area contributed by atoms with Crippen LogP contribution in [0.4, 0.5) is 0 Å². The van der Waals surface area contributed by atoms with Gasteiger partial charge in [-0.1, -0.05) is 0 Å². The first-order valence-corrected chi connectivity index (χ1v) is 11.5. The number of hydrogen-bond donors (Lipinski definition) is 0. The molecule has 0 saturated heterocycles. The van der Waals surface area contributed by atoms with Crippen LogP contribution in [-0.4, -0.2) is 15.3 Å². The molecule has 0 aliphatic carbocycles. The molecule has 140 valence electrons. The average Bonchev–Trinajstić information content (AvgIpc) is 2.75.